The molecule has 5 nitrogen and oxygen atoms in total. The largest absolute Gasteiger partial charge is 0.368 e. The Kier molecular flexibility index (Phi) is 5.14. The summed E-state index contributed by atoms with van der Waals surface area (Å²) in [6, 6.07) is 13.4. The van der Waals surface area contributed by atoms with E-state index in [1.807, 2.05) is 47.4 Å². The van der Waals surface area contributed by atoms with Crippen molar-refractivity contribution >= 4 is 39.9 Å². The fourth-order valence-electron chi connectivity index (χ4n) is 4.60. The number of pyridine rings is 1. The molecule has 0 saturated carbocycles. The summed E-state index contributed by atoms with van der Waals surface area (Å²) in [5.41, 5.74) is 5.50. The van der Waals surface area contributed by atoms with E-state index in [1.54, 1.807) is 6.92 Å². The predicted molar refractivity (Wildman–Crippen MR) is 123 cm³/mol. The second-order valence-electron chi connectivity index (χ2n) is 8.32. The molecule has 5 rings (SSSR count). The van der Waals surface area contributed by atoms with E-state index in [2.05, 4.69) is 4.90 Å². The van der Waals surface area contributed by atoms with Gasteiger partial charge in [-0.2, -0.15) is 0 Å². The second-order valence-corrected chi connectivity index (χ2v) is 8.70. The molecule has 1 saturated heterocycles. The van der Waals surface area contributed by atoms with Crippen LogP contribution in [0.1, 0.15) is 45.3 Å². The van der Waals surface area contributed by atoms with Crippen molar-refractivity contribution in [3.05, 3.63) is 69.9 Å². The number of aryl methyl sites for hydroxylation is 1. The molecule has 0 radical (unpaired) electrons. The van der Waals surface area contributed by atoms with E-state index >= 15 is 0 Å². The zero-order valence-electron chi connectivity index (χ0n) is 17.5. The lowest BCUT2D eigenvalue weighted by atomic mass is 10.1. The average Bonchev–Trinajstić information content (AvgIpc) is 3.27. The maximum absolute atomic E-state index is 13.1. The molecule has 1 amide bonds. The zero-order valence-corrected chi connectivity index (χ0v) is 18.3. The SMILES string of the molecule is CC(=O)c1ccc(N2CCN(C(=O)c3ccc4c(Cl)c5c(nc4c3)CCC5)CC2)cc1. The third-order valence-electron chi connectivity index (χ3n) is 6.40. The summed E-state index contributed by atoms with van der Waals surface area (Å²) in [6.07, 6.45) is 3.03. The standard InChI is InChI=1S/C25H24ClN3O2/c1-16(30)17-5-8-19(9-6-17)28-11-13-29(14-12-28)25(31)18-7-10-21-23(15-18)27-22-4-2-3-20(22)24(21)26/h5-10,15H,2-4,11-14H2,1H3. The van der Waals surface area contributed by atoms with Crippen molar-refractivity contribution in [2.45, 2.75) is 26.2 Å². The Balaban J connectivity index is 1.30. The average molecular weight is 434 g/mol. The minimum absolute atomic E-state index is 0.0342. The van der Waals surface area contributed by atoms with Crippen LogP contribution >= 0.6 is 11.6 Å². The lowest BCUT2D eigenvalue weighted by Gasteiger charge is -2.36. The van der Waals surface area contributed by atoms with Crippen molar-refractivity contribution < 1.29 is 9.59 Å². The molecule has 0 N–H and O–H groups in total. The number of benzene rings is 2. The summed E-state index contributed by atoms with van der Waals surface area (Å²) >= 11 is 6.61. The van der Waals surface area contributed by atoms with Crippen LogP contribution in [0, 0.1) is 0 Å². The van der Waals surface area contributed by atoms with Crippen LogP contribution in [0.2, 0.25) is 5.02 Å². The van der Waals surface area contributed by atoms with E-state index in [1.165, 1.54) is 5.56 Å². The van der Waals surface area contributed by atoms with Gasteiger partial charge in [-0.25, -0.2) is 0 Å². The number of aromatic nitrogens is 1. The first-order valence-corrected chi connectivity index (χ1v) is 11.2. The Morgan fingerprint density at radius 2 is 1.65 bits per heavy atom. The van der Waals surface area contributed by atoms with Gasteiger partial charge >= 0.3 is 0 Å². The lowest BCUT2D eigenvalue weighted by molar-refractivity contribution is 0.0746. The lowest BCUT2D eigenvalue weighted by Crippen LogP contribution is -2.48. The van der Waals surface area contributed by atoms with Crippen molar-refractivity contribution in [3.8, 4) is 0 Å². The van der Waals surface area contributed by atoms with Crippen LogP contribution < -0.4 is 4.90 Å². The molecule has 0 spiro atoms. The van der Waals surface area contributed by atoms with Crippen LogP contribution in [0.15, 0.2) is 42.5 Å². The number of ketones is 1. The van der Waals surface area contributed by atoms with Crippen LogP contribution in [-0.4, -0.2) is 47.8 Å². The number of carbonyl (C=O) groups is 2. The maximum Gasteiger partial charge on any atom is 0.254 e. The van der Waals surface area contributed by atoms with Crippen molar-refractivity contribution in [2.75, 3.05) is 31.1 Å². The molecule has 158 valence electrons. The monoisotopic (exact) mass is 433 g/mol. The van der Waals surface area contributed by atoms with Gasteiger partial charge in [-0.15, -0.1) is 0 Å². The van der Waals surface area contributed by atoms with Gasteiger partial charge in [0.15, 0.2) is 5.78 Å². The molecule has 1 fully saturated rings. The molecule has 0 atom stereocenters. The van der Waals surface area contributed by atoms with E-state index in [0.29, 0.717) is 24.2 Å². The van der Waals surface area contributed by atoms with Crippen LogP contribution in [0.25, 0.3) is 10.9 Å². The summed E-state index contributed by atoms with van der Waals surface area (Å²) in [4.78, 5) is 33.5. The van der Waals surface area contributed by atoms with Crippen molar-refractivity contribution in [2.24, 2.45) is 0 Å². The van der Waals surface area contributed by atoms with Crippen LogP contribution in [0.3, 0.4) is 0 Å². The van der Waals surface area contributed by atoms with Gasteiger partial charge in [-0.3, -0.25) is 14.6 Å². The van der Waals surface area contributed by atoms with Gasteiger partial charge in [0, 0.05) is 54.1 Å². The second kappa shape index (κ2) is 7.97. The number of hydrogen-bond acceptors (Lipinski definition) is 4. The molecular weight excluding hydrogens is 410 g/mol. The quantitative estimate of drug-likeness (QED) is 0.569. The first kappa shape index (κ1) is 20.0. The van der Waals surface area contributed by atoms with Gasteiger partial charge in [0.1, 0.15) is 0 Å². The van der Waals surface area contributed by atoms with Crippen LogP contribution in [0.5, 0.6) is 0 Å². The number of Topliss-reactive ketones (excluding diaryl/α,β-unsaturated/α-hetero) is 1. The molecule has 0 unspecified atom stereocenters. The molecule has 0 bridgehead atoms. The van der Waals surface area contributed by atoms with E-state index in [0.717, 1.165) is 59.7 Å². The number of hydrogen-bond donors (Lipinski definition) is 0. The Morgan fingerprint density at radius 1 is 0.935 bits per heavy atom. The molecule has 6 heteroatoms. The van der Waals surface area contributed by atoms with Gasteiger partial charge in [0.2, 0.25) is 0 Å². The third-order valence-corrected chi connectivity index (χ3v) is 6.83. The molecule has 2 heterocycles. The fraction of sp³-hybridized carbons (Fsp3) is 0.320. The smallest absolute Gasteiger partial charge is 0.254 e. The third kappa shape index (κ3) is 3.68. The Morgan fingerprint density at radius 3 is 2.35 bits per heavy atom. The topological polar surface area (TPSA) is 53.5 Å². The Bertz CT molecular complexity index is 1180. The molecular formula is C25H24ClN3O2. The molecule has 3 aromatic rings. The van der Waals surface area contributed by atoms with Crippen molar-refractivity contribution in [1.29, 1.82) is 0 Å². The van der Waals surface area contributed by atoms with Gasteiger partial charge in [-0.1, -0.05) is 17.7 Å². The normalized spacial score (nSPS) is 15.9. The number of carbonyl (C=O) groups excluding carboxylic acids is 2. The summed E-state index contributed by atoms with van der Waals surface area (Å²) in [5.74, 6) is 0.102. The van der Waals surface area contributed by atoms with E-state index in [4.69, 9.17) is 16.6 Å². The first-order chi connectivity index (χ1) is 15.0. The predicted octanol–water partition coefficient (Wildman–Crippen LogP) is 4.54. The molecule has 2 aromatic carbocycles. The Labute approximate surface area is 186 Å². The van der Waals surface area contributed by atoms with Gasteiger partial charge in [0.05, 0.1) is 10.5 Å². The van der Waals surface area contributed by atoms with Gasteiger partial charge in [0.25, 0.3) is 5.91 Å². The van der Waals surface area contributed by atoms with E-state index in [9.17, 15) is 9.59 Å². The maximum atomic E-state index is 13.1. The minimum Gasteiger partial charge on any atom is -0.368 e. The van der Waals surface area contributed by atoms with Gasteiger partial charge < -0.3 is 9.80 Å². The van der Waals surface area contributed by atoms with Crippen LogP contribution in [-0.2, 0) is 12.8 Å². The van der Waals surface area contributed by atoms with E-state index in [-0.39, 0.29) is 11.7 Å². The molecule has 1 aromatic heterocycles. The highest BCUT2D eigenvalue weighted by atomic mass is 35.5. The number of halogens is 1. The highest BCUT2D eigenvalue weighted by Crippen LogP contribution is 2.34. The van der Waals surface area contributed by atoms with Crippen molar-refractivity contribution in [3.63, 3.8) is 0 Å². The number of rotatable bonds is 3. The number of fused-ring (bicyclic) bond motifs is 2. The number of piperazine rings is 1. The Hall–Kier alpha value is -2.92. The first-order valence-electron chi connectivity index (χ1n) is 10.8. The number of nitrogens with zero attached hydrogens (tertiary/aromatic N) is 3. The zero-order chi connectivity index (χ0) is 21.5. The van der Waals surface area contributed by atoms with Gasteiger partial charge in [-0.05, 0) is 68.1 Å². The summed E-state index contributed by atoms with van der Waals surface area (Å²) < 4.78 is 0. The molecule has 1 aliphatic heterocycles. The summed E-state index contributed by atoms with van der Waals surface area (Å²) in [5, 5.41) is 1.72. The summed E-state index contributed by atoms with van der Waals surface area (Å²) in [6.45, 7) is 4.41. The van der Waals surface area contributed by atoms with Crippen LogP contribution in [0.4, 0.5) is 5.69 Å². The fourth-order valence-corrected chi connectivity index (χ4v) is 4.96. The highest BCUT2D eigenvalue weighted by molar-refractivity contribution is 6.36. The number of anilines is 1. The number of amides is 1. The van der Waals surface area contributed by atoms with Crippen molar-refractivity contribution in [1.82, 2.24) is 9.88 Å². The minimum atomic E-state index is 0.0342. The highest BCUT2D eigenvalue weighted by Gasteiger charge is 2.24. The molecule has 1 aliphatic carbocycles. The molecule has 31 heavy (non-hydrogen) atoms. The molecule has 2 aliphatic rings. The summed E-state index contributed by atoms with van der Waals surface area (Å²) in [7, 11) is 0. The van der Waals surface area contributed by atoms with E-state index < -0.39 is 0 Å².